The Morgan fingerprint density at radius 2 is 2.39 bits per heavy atom. The first-order valence-corrected chi connectivity index (χ1v) is 7.04. The van der Waals surface area contributed by atoms with Crippen LogP contribution in [-0.2, 0) is 18.2 Å². The average Bonchev–Trinajstić information content (AvgIpc) is 2.71. The molecule has 102 valence electrons. The highest BCUT2D eigenvalue weighted by Crippen LogP contribution is 2.28. The zero-order chi connectivity index (χ0) is 13.0. The number of aryl methyl sites for hydroxylation is 1. The standard InChI is InChI=1S/C14H25N3O/c1-11(2)18-9-5-8-15-13-6-4-7-14-12(13)10-16-17(14)3/h10-11,13,15H,4-9H2,1-3H3. The van der Waals surface area contributed by atoms with Gasteiger partial charge in [-0.2, -0.15) is 5.10 Å². The van der Waals surface area contributed by atoms with Gasteiger partial charge in [0.25, 0.3) is 0 Å². The van der Waals surface area contributed by atoms with Crippen LogP contribution in [0.3, 0.4) is 0 Å². The molecule has 4 nitrogen and oxygen atoms in total. The summed E-state index contributed by atoms with van der Waals surface area (Å²) in [6.07, 6.45) is 7.09. The molecule has 1 aromatic heterocycles. The van der Waals surface area contributed by atoms with Crippen molar-refractivity contribution in [3.05, 3.63) is 17.5 Å². The van der Waals surface area contributed by atoms with Gasteiger partial charge in [-0.3, -0.25) is 4.68 Å². The van der Waals surface area contributed by atoms with Crippen LogP contribution >= 0.6 is 0 Å². The second-order valence-corrected chi connectivity index (χ2v) is 5.34. The topological polar surface area (TPSA) is 39.1 Å². The highest BCUT2D eigenvalue weighted by atomic mass is 16.5. The monoisotopic (exact) mass is 251 g/mol. The average molecular weight is 251 g/mol. The van der Waals surface area contributed by atoms with Gasteiger partial charge in [-0.1, -0.05) is 0 Å². The van der Waals surface area contributed by atoms with Gasteiger partial charge in [0.15, 0.2) is 0 Å². The maximum atomic E-state index is 5.55. The van der Waals surface area contributed by atoms with Gasteiger partial charge in [-0.15, -0.1) is 0 Å². The van der Waals surface area contributed by atoms with Crippen LogP contribution in [-0.4, -0.2) is 29.0 Å². The van der Waals surface area contributed by atoms with Crippen molar-refractivity contribution in [1.82, 2.24) is 15.1 Å². The minimum Gasteiger partial charge on any atom is -0.379 e. The van der Waals surface area contributed by atoms with E-state index >= 15 is 0 Å². The summed E-state index contributed by atoms with van der Waals surface area (Å²) < 4.78 is 7.57. The van der Waals surface area contributed by atoms with Gasteiger partial charge in [-0.25, -0.2) is 0 Å². The van der Waals surface area contributed by atoms with E-state index in [9.17, 15) is 0 Å². The van der Waals surface area contributed by atoms with Crippen molar-refractivity contribution in [2.75, 3.05) is 13.2 Å². The van der Waals surface area contributed by atoms with Crippen molar-refractivity contribution < 1.29 is 4.74 Å². The lowest BCUT2D eigenvalue weighted by molar-refractivity contribution is 0.0766. The first-order chi connectivity index (χ1) is 8.68. The second-order valence-electron chi connectivity index (χ2n) is 5.34. The summed E-state index contributed by atoms with van der Waals surface area (Å²) in [6, 6.07) is 0.487. The summed E-state index contributed by atoms with van der Waals surface area (Å²) in [5, 5.41) is 8.00. The van der Waals surface area contributed by atoms with E-state index in [1.807, 2.05) is 17.9 Å². The highest BCUT2D eigenvalue weighted by Gasteiger charge is 2.22. The van der Waals surface area contributed by atoms with Crippen molar-refractivity contribution in [2.24, 2.45) is 7.05 Å². The van der Waals surface area contributed by atoms with E-state index in [0.29, 0.717) is 12.1 Å². The van der Waals surface area contributed by atoms with Crippen molar-refractivity contribution in [2.45, 2.75) is 51.7 Å². The number of hydrogen-bond acceptors (Lipinski definition) is 3. The molecule has 0 radical (unpaired) electrons. The molecule has 0 saturated carbocycles. The maximum Gasteiger partial charge on any atom is 0.0540 e. The van der Waals surface area contributed by atoms with E-state index in [0.717, 1.165) is 19.6 Å². The molecule has 1 unspecified atom stereocenters. The quantitative estimate of drug-likeness (QED) is 0.788. The Morgan fingerprint density at radius 1 is 1.56 bits per heavy atom. The van der Waals surface area contributed by atoms with Crippen LogP contribution < -0.4 is 5.32 Å². The summed E-state index contributed by atoms with van der Waals surface area (Å²) in [6.45, 7) is 6.02. The summed E-state index contributed by atoms with van der Waals surface area (Å²) in [5.74, 6) is 0. The van der Waals surface area contributed by atoms with E-state index in [1.165, 1.54) is 30.5 Å². The molecule has 0 bridgehead atoms. The van der Waals surface area contributed by atoms with Crippen LogP contribution in [0, 0.1) is 0 Å². The molecule has 1 aliphatic rings. The number of rotatable bonds is 6. The molecule has 1 aliphatic carbocycles. The van der Waals surface area contributed by atoms with Gasteiger partial charge in [0.1, 0.15) is 0 Å². The van der Waals surface area contributed by atoms with E-state index < -0.39 is 0 Å². The normalized spacial score (nSPS) is 19.2. The van der Waals surface area contributed by atoms with Crippen LogP contribution in [0.1, 0.15) is 50.4 Å². The van der Waals surface area contributed by atoms with Crippen molar-refractivity contribution in [3.63, 3.8) is 0 Å². The van der Waals surface area contributed by atoms with Crippen LogP contribution in [0.4, 0.5) is 0 Å². The Hall–Kier alpha value is -0.870. The second kappa shape index (κ2) is 6.34. The first-order valence-electron chi connectivity index (χ1n) is 7.04. The lowest BCUT2D eigenvalue weighted by atomic mass is 9.93. The highest BCUT2D eigenvalue weighted by molar-refractivity contribution is 5.24. The molecule has 1 aromatic rings. The fraction of sp³-hybridized carbons (Fsp3) is 0.786. The molecule has 0 aromatic carbocycles. The van der Waals surface area contributed by atoms with Crippen LogP contribution in [0.2, 0.25) is 0 Å². The van der Waals surface area contributed by atoms with E-state index in [2.05, 4.69) is 24.3 Å². The molecular weight excluding hydrogens is 226 g/mol. The molecule has 4 heteroatoms. The zero-order valence-electron chi connectivity index (χ0n) is 11.8. The molecule has 2 rings (SSSR count). The van der Waals surface area contributed by atoms with Gasteiger partial charge >= 0.3 is 0 Å². The maximum absolute atomic E-state index is 5.55. The van der Waals surface area contributed by atoms with Gasteiger partial charge in [0, 0.05) is 31.0 Å². The van der Waals surface area contributed by atoms with Gasteiger partial charge in [0.2, 0.25) is 0 Å². The third-order valence-corrected chi connectivity index (χ3v) is 3.54. The predicted octanol–water partition coefficient (Wildman–Crippen LogP) is 2.20. The molecule has 0 spiro atoms. The Morgan fingerprint density at radius 3 is 3.17 bits per heavy atom. The van der Waals surface area contributed by atoms with Crippen LogP contribution in [0.5, 0.6) is 0 Å². The third-order valence-electron chi connectivity index (χ3n) is 3.54. The molecule has 0 saturated heterocycles. The van der Waals surface area contributed by atoms with E-state index in [-0.39, 0.29) is 0 Å². The smallest absolute Gasteiger partial charge is 0.0540 e. The number of nitrogens with one attached hydrogen (secondary N) is 1. The minimum absolute atomic E-state index is 0.338. The van der Waals surface area contributed by atoms with E-state index in [1.54, 1.807) is 0 Å². The lowest BCUT2D eigenvalue weighted by Gasteiger charge is -2.24. The molecular formula is C14H25N3O. The third kappa shape index (κ3) is 3.33. The van der Waals surface area contributed by atoms with Crippen molar-refractivity contribution >= 4 is 0 Å². The number of nitrogens with zero attached hydrogens (tertiary/aromatic N) is 2. The summed E-state index contributed by atoms with van der Waals surface area (Å²) in [5.41, 5.74) is 2.80. The first kappa shape index (κ1) is 13.6. The molecule has 1 N–H and O–H groups in total. The molecule has 1 heterocycles. The zero-order valence-corrected chi connectivity index (χ0v) is 11.8. The lowest BCUT2D eigenvalue weighted by Crippen LogP contribution is -2.27. The van der Waals surface area contributed by atoms with Crippen LogP contribution in [0.15, 0.2) is 6.20 Å². The fourth-order valence-corrected chi connectivity index (χ4v) is 2.59. The molecule has 0 aliphatic heterocycles. The fourth-order valence-electron chi connectivity index (χ4n) is 2.59. The summed E-state index contributed by atoms with van der Waals surface area (Å²) in [7, 11) is 2.04. The SMILES string of the molecule is CC(C)OCCCNC1CCCc2c1cnn2C. The van der Waals surface area contributed by atoms with Gasteiger partial charge in [0.05, 0.1) is 12.3 Å². The van der Waals surface area contributed by atoms with Gasteiger partial charge < -0.3 is 10.1 Å². The Balaban J connectivity index is 1.77. The molecule has 1 atom stereocenters. The number of ether oxygens (including phenoxy) is 1. The van der Waals surface area contributed by atoms with Crippen LogP contribution in [0.25, 0.3) is 0 Å². The van der Waals surface area contributed by atoms with Gasteiger partial charge in [-0.05, 0) is 46.1 Å². The van der Waals surface area contributed by atoms with Crippen molar-refractivity contribution in [1.29, 1.82) is 0 Å². The predicted molar refractivity (Wildman–Crippen MR) is 72.6 cm³/mol. The number of hydrogen-bond donors (Lipinski definition) is 1. The Labute approximate surface area is 110 Å². The molecule has 0 amide bonds. The van der Waals surface area contributed by atoms with E-state index in [4.69, 9.17) is 4.74 Å². The van der Waals surface area contributed by atoms with Crippen molar-refractivity contribution in [3.8, 4) is 0 Å². The number of aromatic nitrogens is 2. The summed E-state index contributed by atoms with van der Waals surface area (Å²) >= 11 is 0. The Kier molecular flexibility index (Phi) is 4.78. The largest absolute Gasteiger partial charge is 0.379 e. The number of fused-ring (bicyclic) bond motifs is 1. The Bertz CT molecular complexity index is 373. The summed E-state index contributed by atoms with van der Waals surface area (Å²) in [4.78, 5) is 0. The minimum atomic E-state index is 0.338. The molecule has 18 heavy (non-hydrogen) atoms. The molecule has 0 fully saturated rings.